The summed E-state index contributed by atoms with van der Waals surface area (Å²) >= 11 is 0. The molecular formula is C12H20N2O2S. The minimum absolute atomic E-state index is 0.213. The van der Waals surface area contributed by atoms with Crippen LogP contribution >= 0.6 is 0 Å². The summed E-state index contributed by atoms with van der Waals surface area (Å²) in [7, 11) is -3.45. The van der Waals surface area contributed by atoms with Crippen LogP contribution in [0.1, 0.15) is 26.3 Å². The number of benzene rings is 1. The molecule has 1 aromatic carbocycles. The average Bonchev–Trinajstić information content (AvgIpc) is 2.26. The Morgan fingerprint density at radius 2 is 1.76 bits per heavy atom. The minimum Gasteiger partial charge on any atom is -0.324 e. The first-order valence-electron chi connectivity index (χ1n) is 5.62. The van der Waals surface area contributed by atoms with E-state index in [1.807, 2.05) is 19.1 Å². The van der Waals surface area contributed by atoms with E-state index in [2.05, 4.69) is 4.72 Å². The molecule has 0 saturated carbocycles. The molecule has 1 aromatic rings. The lowest BCUT2D eigenvalue weighted by molar-refractivity contribution is 0.498. The first-order valence-corrected chi connectivity index (χ1v) is 7.10. The van der Waals surface area contributed by atoms with E-state index in [1.54, 1.807) is 26.0 Å². The molecule has 0 saturated heterocycles. The number of nitrogens with two attached hydrogens (primary N) is 1. The summed E-state index contributed by atoms with van der Waals surface area (Å²) in [4.78, 5) is 0.277. The van der Waals surface area contributed by atoms with Crippen LogP contribution in [-0.4, -0.2) is 20.5 Å². The first-order chi connectivity index (χ1) is 7.74. The van der Waals surface area contributed by atoms with Gasteiger partial charge in [-0.2, -0.15) is 0 Å². The van der Waals surface area contributed by atoms with E-state index >= 15 is 0 Å². The summed E-state index contributed by atoms with van der Waals surface area (Å²) in [6, 6.07) is 6.87. The highest BCUT2D eigenvalue weighted by Crippen LogP contribution is 2.11. The van der Waals surface area contributed by atoms with Gasteiger partial charge in [0, 0.05) is 12.1 Å². The predicted octanol–water partition coefficient (Wildman–Crippen LogP) is 1.26. The zero-order chi connectivity index (χ0) is 13.1. The maximum Gasteiger partial charge on any atom is 0.240 e. The Morgan fingerprint density at radius 3 is 2.18 bits per heavy atom. The van der Waals surface area contributed by atoms with Gasteiger partial charge in [-0.15, -0.1) is 0 Å². The summed E-state index contributed by atoms with van der Waals surface area (Å²) in [6.45, 7) is 5.79. The SMILES string of the molecule is CCc1ccc(S(=O)(=O)NCC(C)(C)N)cc1. The van der Waals surface area contributed by atoms with Crippen LogP contribution in [0.15, 0.2) is 29.2 Å². The lowest BCUT2D eigenvalue weighted by atomic mass is 10.1. The highest BCUT2D eigenvalue weighted by atomic mass is 32.2. The fourth-order valence-electron chi connectivity index (χ4n) is 1.27. The topological polar surface area (TPSA) is 72.2 Å². The number of nitrogens with one attached hydrogen (secondary N) is 1. The van der Waals surface area contributed by atoms with E-state index in [4.69, 9.17) is 5.73 Å². The molecule has 0 spiro atoms. The van der Waals surface area contributed by atoms with E-state index < -0.39 is 15.6 Å². The zero-order valence-corrected chi connectivity index (χ0v) is 11.3. The van der Waals surface area contributed by atoms with Crippen LogP contribution in [0, 0.1) is 0 Å². The molecule has 1 rings (SSSR count). The van der Waals surface area contributed by atoms with Crippen molar-refractivity contribution in [3.8, 4) is 0 Å². The molecule has 3 N–H and O–H groups in total. The van der Waals surface area contributed by atoms with Gasteiger partial charge in [0.25, 0.3) is 0 Å². The molecule has 0 heterocycles. The third-order valence-corrected chi connectivity index (χ3v) is 3.78. The Bertz CT molecular complexity index is 458. The minimum atomic E-state index is -3.45. The highest BCUT2D eigenvalue weighted by Gasteiger charge is 2.18. The number of hydrogen-bond acceptors (Lipinski definition) is 3. The van der Waals surface area contributed by atoms with Crippen molar-refractivity contribution in [3.05, 3.63) is 29.8 Å². The first kappa shape index (κ1) is 14.2. The molecule has 5 heteroatoms. The van der Waals surface area contributed by atoms with Crippen LogP contribution in [0.2, 0.25) is 0 Å². The van der Waals surface area contributed by atoms with Crippen molar-refractivity contribution < 1.29 is 8.42 Å². The van der Waals surface area contributed by atoms with Gasteiger partial charge in [0.15, 0.2) is 0 Å². The average molecular weight is 256 g/mol. The van der Waals surface area contributed by atoms with Crippen LogP contribution < -0.4 is 10.5 Å². The fourth-order valence-corrected chi connectivity index (χ4v) is 2.49. The molecular weight excluding hydrogens is 236 g/mol. The second-order valence-corrected chi connectivity index (χ2v) is 6.58. The second-order valence-electron chi connectivity index (χ2n) is 4.81. The highest BCUT2D eigenvalue weighted by molar-refractivity contribution is 7.89. The Labute approximate surface area is 103 Å². The van der Waals surface area contributed by atoms with Crippen LogP contribution in [0.25, 0.3) is 0 Å². The van der Waals surface area contributed by atoms with Gasteiger partial charge in [0.2, 0.25) is 10.0 Å². The van der Waals surface area contributed by atoms with E-state index in [0.717, 1.165) is 12.0 Å². The van der Waals surface area contributed by atoms with Crippen LogP contribution in [-0.2, 0) is 16.4 Å². The molecule has 0 aliphatic carbocycles. The summed E-state index contributed by atoms with van der Waals surface area (Å²) in [6.07, 6.45) is 0.892. The number of hydrogen-bond donors (Lipinski definition) is 2. The smallest absolute Gasteiger partial charge is 0.240 e. The van der Waals surface area contributed by atoms with Crippen molar-refractivity contribution in [3.63, 3.8) is 0 Å². The standard InChI is InChI=1S/C12H20N2O2S/c1-4-10-5-7-11(8-6-10)17(15,16)14-9-12(2,3)13/h5-8,14H,4,9,13H2,1-3H3. The number of rotatable bonds is 5. The third kappa shape index (κ3) is 4.46. The molecule has 0 fully saturated rings. The fraction of sp³-hybridized carbons (Fsp3) is 0.500. The second kappa shape index (κ2) is 5.16. The third-order valence-electron chi connectivity index (χ3n) is 2.36. The van der Waals surface area contributed by atoms with Gasteiger partial charge in [-0.1, -0.05) is 19.1 Å². The molecule has 0 radical (unpaired) electrons. The molecule has 0 unspecified atom stereocenters. The zero-order valence-electron chi connectivity index (χ0n) is 10.5. The van der Waals surface area contributed by atoms with Crippen molar-refractivity contribution in [2.45, 2.75) is 37.6 Å². The Morgan fingerprint density at radius 1 is 1.24 bits per heavy atom. The number of aryl methyl sites for hydroxylation is 1. The van der Waals surface area contributed by atoms with Gasteiger partial charge in [-0.25, -0.2) is 13.1 Å². The maximum absolute atomic E-state index is 11.9. The van der Waals surface area contributed by atoms with Crippen molar-refractivity contribution in [1.29, 1.82) is 0 Å². The van der Waals surface area contributed by atoms with Gasteiger partial charge < -0.3 is 5.73 Å². The van der Waals surface area contributed by atoms with Gasteiger partial charge in [0.05, 0.1) is 4.90 Å². The van der Waals surface area contributed by atoms with Gasteiger partial charge in [-0.3, -0.25) is 0 Å². The van der Waals surface area contributed by atoms with Crippen molar-refractivity contribution in [2.75, 3.05) is 6.54 Å². The Kier molecular flexibility index (Phi) is 4.30. The summed E-state index contributed by atoms with van der Waals surface area (Å²) < 4.78 is 26.3. The van der Waals surface area contributed by atoms with Gasteiger partial charge >= 0.3 is 0 Å². The molecule has 0 amide bonds. The van der Waals surface area contributed by atoms with E-state index in [0.29, 0.717) is 0 Å². The molecule has 0 aromatic heterocycles. The molecule has 96 valence electrons. The Balaban J connectivity index is 2.82. The monoisotopic (exact) mass is 256 g/mol. The molecule has 17 heavy (non-hydrogen) atoms. The molecule has 0 aliphatic rings. The van der Waals surface area contributed by atoms with Gasteiger partial charge in [-0.05, 0) is 38.0 Å². The Hall–Kier alpha value is -0.910. The normalized spacial score (nSPS) is 12.7. The van der Waals surface area contributed by atoms with E-state index in [1.165, 1.54) is 0 Å². The quantitative estimate of drug-likeness (QED) is 0.833. The molecule has 0 aliphatic heterocycles. The van der Waals surface area contributed by atoms with Crippen molar-refractivity contribution in [2.24, 2.45) is 5.73 Å². The lowest BCUT2D eigenvalue weighted by Crippen LogP contribution is -2.45. The maximum atomic E-state index is 11.9. The van der Waals surface area contributed by atoms with Crippen molar-refractivity contribution in [1.82, 2.24) is 4.72 Å². The molecule has 0 atom stereocenters. The van der Waals surface area contributed by atoms with Crippen LogP contribution in [0.3, 0.4) is 0 Å². The predicted molar refractivity (Wildman–Crippen MR) is 69.3 cm³/mol. The largest absolute Gasteiger partial charge is 0.324 e. The summed E-state index contributed by atoms with van der Waals surface area (Å²) in [5.74, 6) is 0. The lowest BCUT2D eigenvalue weighted by Gasteiger charge is -2.18. The van der Waals surface area contributed by atoms with E-state index in [9.17, 15) is 8.42 Å². The molecule has 4 nitrogen and oxygen atoms in total. The van der Waals surface area contributed by atoms with Crippen molar-refractivity contribution >= 4 is 10.0 Å². The summed E-state index contributed by atoms with van der Waals surface area (Å²) in [5, 5.41) is 0. The van der Waals surface area contributed by atoms with Crippen LogP contribution in [0.4, 0.5) is 0 Å². The number of sulfonamides is 1. The molecule has 0 bridgehead atoms. The van der Waals surface area contributed by atoms with Crippen LogP contribution in [0.5, 0.6) is 0 Å². The van der Waals surface area contributed by atoms with Gasteiger partial charge in [0.1, 0.15) is 0 Å². The summed E-state index contributed by atoms with van der Waals surface area (Å²) in [5.41, 5.74) is 6.29. The van der Waals surface area contributed by atoms with E-state index in [-0.39, 0.29) is 11.4 Å².